The van der Waals surface area contributed by atoms with E-state index in [4.69, 9.17) is 4.74 Å². The van der Waals surface area contributed by atoms with Gasteiger partial charge in [0.2, 0.25) is 5.91 Å². The number of nitrogens with one attached hydrogen (secondary N) is 1. The van der Waals surface area contributed by atoms with Crippen molar-refractivity contribution < 1.29 is 14.3 Å². The lowest BCUT2D eigenvalue weighted by atomic mass is 10.1. The zero-order chi connectivity index (χ0) is 14.3. The van der Waals surface area contributed by atoms with Crippen molar-refractivity contribution in [2.24, 2.45) is 0 Å². The van der Waals surface area contributed by atoms with Crippen molar-refractivity contribution in [3.8, 4) is 0 Å². The van der Waals surface area contributed by atoms with Gasteiger partial charge < -0.3 is 10.1 Å². The van der Waals surface area contributed by atoms with Crippen LogP contribution in [0.1, 0.15) is 38.3 Å². The van der Waals surface area contributed by atoms with Gasteiger partial charge in [-0.05, 0) is 25.5 Å². The lowest BCUT2D eigenvalue weighted by Gasteiger charge is -2.15. The van der Waals surface area contributed by atoms with E-state index in [1.54, 1.807) is 6.92 Å². The third-order valence-electron chi connectivity index (χ3n) is 2.61. The van der Waals surface area contributed by atoms with Crippen LogP contribution in [0.2, 0.25) is 0 Å². The van der Waals surface area contributed by atoms with E-state index < -0.39 is 0 Å². The predicted octanol–water partition coefficient (Wildman–Crippen LogP) is 2.97. The lowest BCUT2D eigenvalue weighted by molar-refractivity contribution is -0.144. The number of benzene rings is 1. The highest BCUT2D eigenvalue weighted by molar-refractivity contribution is 9.10. The highest BCUT2D eigenvalue weighted by Crippen LogP contribution is 2.22. The fourth-order valence-electron chi connectivity index (χ4n) is 1.67. The molecular formula is C14H18BrNO3. The van der Waals surface area contributed by atoms with Gasteiger partial charge in [-0.15, -0.1) is 0 Å². The van der Waals surface area contributed by atoms with E-state index in [1.807, 2.05) is 31.2 Å². The molecule has 5 heteroatoms. The summed E-state index contributed by atoms with van der Waals surface area (Å²) in [7, 11) is 0. The predicted molar refractivity (Wildman–Crippen MR) is 76.6 cm³/mol. The molecule has 19 heavy (non-hydrogen) atoms. The highest BCUT2D eigenvalue weighted by atomic mass is 79.9. The molecule has 1 atom stereocenters. The Balaban J connectivity index is 2.44. The summed E-state index contributed by atoms with van der Waals surface area (Å²) in [5.74, 6) is -0.498. The summed E-state index contributed by atoms with van der Waals surface area (Å²) in [5.41, 5.74) is 1.01. The standard InChI is InChI=1S/C14H18BrNO3/c1-3-19-14(18)9-8-13(17)16-10(2)11-6-4-5-7-12(11)15/h4-7,10H,3,8-9H2,1-2H3,(H,16,17)/t10-/m1/s1. The van der Waals surface area contributed by atoms with Crippen molar-refractivity contribution in [1.82, 2.24) is 5.32 Å². The monoisotopic (exact) mass is 327 g/mol. The Hall–Kier alpha value is -1.36. The Morgan fingerprint density at radius 3 is 2.63 bits per heavy atom. The molecular weight excluding hydrogens is 310 g/mol. The van der Waals surface area contributed by atoms with Crippen LogP contribution in [-0.4, -0.2) is 18.5 Å². The van der Waals surface area contributed by atoms with Gasteiger partial charge in [-0.2, -0.15) is 0 Å². The molecule has 1 aromatic rings. The molecule has 0 fully saturated rings. The highest BCUT2D eigenvalue weighted by Gasteiger charge is 2.13. The molecule has 1 rings (SSSR count). The van der Waals surface area contributed by atoms with E-state index in [-0.39, 0.29) is 30.8 Å². The first-order valence-electron chi connectivity index (χ1n) is 6.24. The number of halogens is 1. The third-order valence-corrected chi connectivity index (χ3v) is 3.33. The summed E-state index contributed by atoms with van der Waals surface area (Å²) in [6.45, 7) is 3.99. The molecule has 0 aliphatic heterocycles. The van der Waals surface area contributed by atoms with Gasteiger partial charge in [0.1, 0.15) is 0 Å². The smallest absolute Gasteiger partial charge is 0.306 e. The average Bonchev–Trinajstić information content (AvgIpc) is 2.37. The van der Waals surface area contributed by atoms with Crippen molar-refractivity contribution in [3.63, 3.8) is 0 Å². The van der Waals surface area contributed by atoms with Gasteiger partial charge in [0, 0.05) is 10.9 Å². The molecule has 0 radical (unpaired) electrons. The van der Waals surface area contributed by atoms with Gasteiger partial charge >= 0.3 is 5.97 Å². The van der Waals surface area contributed by atoms with Crippen LogP contribution in [0.25, 0.3) is 0 Å². The summed E-state index contributed by atoms with van der Waals surface area (Å²) < 4.78 is 5.73. The molecule has 1 aromatic carbocycles. The van der Waals surface area contributed by atoms with Gasteiger partial charge in [-0.3, -0.25) is 9.59 Å². The Kier molecular flexibility index (Phi) is 6.56. The molecule has 0 spiro atoms. The number of hydrogen-bond donors (Lipinski definition) is 1. The second kappa shape index (κ2) is 7.94. The van der Waals surface area contributed by atoms with Crippen LogP contribution in [0.5, 0.6) is 0 Å². The number of rotatable bonds is 6. The zero-order valence-corrected chi connectivity index (χ0v) is 12.7. The van der Waals surface area contributed by atoms with E-state index in [0.29, 0.717) is 6.61 Å². The summed E-state index contributed by atoms with van der Waals surface area (Å²) in [6, 6.07) is 7.60. The third kappa shape index (κ3) is 5.42. The van der Waals surface area contributed by atoms with Gasteiger partial charge in [-0.1, -0.05) is 34.1 Å². The lowest BCUT2D eigenvalue weighted by Crippen LogP contribution is -2.27. The van der Waals surface area contributed by atoms with Crippen LogP contribution >= 0.6 is 15.9 Å². The second-order valence-corrected chi connectivity index (χ2v) is 4.97. The van der Waals surface area contributed by atoms with E-state index >= 15 is 0 Å². The molecule has 0 saturated heterocycles. The molecule has 0 aromatic heterocycles. The van der Waals surface area contributed by atoms with Gasteiger partial charge in [-0.25, -0.2) is 0 Å². The largest absolute Gasteiger partial charge is 0.466 e. The first-order valence-corrected chi connectivity index (χ1v) is 7.03. The number of esters is 1. The van der Waals surface area contributed by atoms with E-state index in [2.05, 4.69) is 21.2 Å². The topological polar surface area (TPSA) is 55.4 Å². The van der Waals surface area contributed by atoms with Gasteiger partial charge in [0.15, 0.2) is 0 Å². The zero-order valence-electron chi connectivity index (χ0n) is 11.1. The molecule has 0 unspecified atom stereocenters. The maximum Gasteiger partial charge on any atom is 0.306 e. The summed E-state index contributed by atoms with van der Waals surface area (Å²) in [4.78, 5) is 22.9. The van der Waals surface area contributed by atoms with Crippen LogP contribution in [0.4, 0.5) is 0 Å². The van der Waals surface area contributed by atoms with E-state index in [1.165, 1.54) is 0 Å². The number of amides is 1. The minimum Gasteiger partial charge on any atom is -0.466 e. The quantitative estimate of drug-likeness (QED) is 0.817. The minimum atomic E-state index is -0.341. The molecule has 4 nitrogen and oxygen atoms in total. The molecule has 0 aliphatic rings. The summed E-state index contributed by atoms with van der Waals surface area (Å²) >= 11 is 3.44. The molecule has 0 bridgehead atoms. The van der Waals surface area contributed by atoms with Crippen molar-refractivity contribution in [2.45, 2.75) is 32.7 Å². The van der Waals surface area contributed by atoms with Crippen LogP contribution in [0.15, 0.2) is 28.7 Å². The van der Waals surface area contributed by atoms with Crippen LogP contribution in [0, 0.1) is 0 Å². The number of carbonyl (C=O) groups excluding carboxylic acids is 2. The van der Waals surface area contributed by atoms with Crippen LogP contribution < -0.4 is 5.32 Å². The molecule has 0 aliphatic carbocycles. The molecule has 104 valence electrons. The summed E-state index contributed by atoms with van der Waals surface area (Å²) in [6.07, 6.45) is 0.260. The Labute approximate surface area is 121 Å². The number of hydrogen-bond acceptors (Lipinski definition) is 3. The fraction of sp³-hybridized carbons (Fsp3) is 0.429. The maximum absolute atomic E-state index is 11.7. The van der Waals surface area contributed by atoms with Crippen molar-refractivity contribution >= 4 is 27.8 Å². The molecule has 0 heterocycles. The van der Waals surface area contributed by atoms with Crippen LogP contribution in [-0.2, 0) is 14.3 Å². The minimum absolute atomic E-state index is 0.106. The number of carbonyl (C=O) groups is 2. The van der Waals surface area contributed by atoms with E-state index in [9.17, 15) is 9.59 Å². The van der Waals surface area contributed by atoms with Crippen molar-refractivity contribution in [3.05, 3.63) is 34.3 Å². The Bertz CT molecular complexity index is 448. The van der Waals surface area contributed by atoms with Crippen molar-refractivity contribution in [2.75, 3.05) is 6.61 Å². The van der Waals surface area contributed by atoms with E-state index in [0.717, 1.165) is 10.0 Å². The van der Waals surface area contributed by atoms with Gasteiger partial charge in [0.05, 0.1) is 19.1 Å². The molecule has 1 N–H and O–H groups in total. The molecule has 1 amide bonds. The first kappa shape index (κ1) is 15.7. The summed E-state index contributed by atoms with van der Waals surface area (Å²) in [5, 5.41) is 2.86. The number of ether oxygens (including phenoxy) is 1. The first-order chi connectivity index (χ1) is 9.04. The van der Waals surface area contributed by atoms with Crippen LogP contribution in [0.3, 0.4) is 0 Å². The fourth-order valence-corrected chi connectivity index (χ4v) is 2.29. The Morgan fingerprint density at radius 1 is 1.32 bits per heavy atom. The maximum atomic E-state index is 11.7. The normalized spacial score (nSPS) is 11.7. The SMILES string of the molecule is CCOC(=O)CCC(=O)N[C@H](C)c1ccccc1Br. The second-order valence-electron chi connectivity index (χ2n) is 4.12. The molecule has 0 saturated carbocycles. The van der Waals surface area contributed by atoms with Gasteiger partial charge in [0.25, 0.3) is 0 Å². The van der Waals surface area contributed by atoms with Crippen molar-refractivity contribution in [1.29, 1.82) is 0 Å². The average molecular weight is 328 g/mol. The Morgan fingerprint density at radius 2 is 2.00 bits per heavy atom.